The fourth-order valence-corrected chi connectivity index (χ4v) is 2.15. The molecule has 0 atom stereocenters. The maximum Gasteiger partial charge on any atom is 0.183 e. The van der Waals surface area contributed by atoms with Gasteiger partial charge in [0.15, 0.2) is 6.73 Å². The van der Waals surface area contributed by atoms with Gasteiger partial charge in [0.2, 0.25) is 0 Å². The van der Waals surface area contributed by atoms with Gasteiger partial charge in [-0.3, -0.25) is 4.48 Å². The van der Waals surface area contributed by atoms with Crippen LogP contribution in [-0.4, -0.2) is 37.0 Å². The molecule has 1 heterocycles. The molecule has 13 heavy (non-hydrogen) atoms. The van der Waals surface area contributed by atoms with Gasteiger partial charge in [-0.25, -0.2) is 0 Å². The van der Waals surface area contributed by atoms with Crippen molar-refractivity contribution in [3.63, 3.8) is 0 Å². The normalized spacial score (nSPS) is 21.2. The predicted molar refractivity (Wildman–Crippen MR) is 55.5 cm³/mol. The van der Waals surface area contributed by atoms with Gasteiger partial charge in [0, 0.05) is 12.8 Å². The van der Waals surface area contributed by atoms with E-state index < -0.39 is 0 Å². The Kier molecular flexibility index (Phi) is 4.20. The van der Waals surface area contributed by atoms with Gasteiger partial charge in [0.1, 0.15) is 0 Å². The third kappa shape index (κ3) is 2.68. The summed E-state index contributed by atoms with van der Waals surface area (Å²) >= 11 is 0. The van der Waals surface area contributed by atoms with Crippen LogP contribution in [0.25, 0.3) is 0 Å². The molecule has 1 aliphatic heterocycles. The number of quaternary nitrogens is 1. The highest BCUT2D eigenvalue weighted by Gasteiger charge is 2.34. The summed E-state index contributed by atoms with van der Waals surface area (Å²) in [6.45, 7) is 11.3. The molecule has 78 valence electrons. The Bertz CT molecular complexity index is 139. The van der Waals surface area contributed by atoms with E-state index in [9.17, 15) is 0 Å². The molecule has 0 aromatic carbocycles. The van der Waals surface area contributed by atoms with Gasteiger partial charge < -0.3 is 4.74 Å². The monoisotopic (exact) mass is 186 g/mol. The number of hydrogen-bond acceptors (Lipinski definition) is 1. The minimum Gasteiger partial charge on any atom is -0.332 e. The first-order chi connectivity index (χ1) is 6.21. The maximum absolute atomic E-state index is 5.70. The highest BCUT2D eigenvalue weighted by molar-refractivity contribution is 4.55. The van der Waals surface area contributed by atoms with E-state index in [1.54, 1.807) is 0 Å². The summed E-state index contributed by atoms with van der Waals surface area (Å²) < 4.78 is 6.90. The minimum atomic E-state index is 0.722. The Morgan fingerprint density at radius 2 is 1.85 bits per heavy atom. The van der Waals surface area contributed by atoms with E-state index in [1.165, 1.54) is 30.4 Å². The molecule has 0 aliphatic carbocycles. The molecule has 2 nitrogen and oxygen atoms in total. The summed E-state index contributed by atoms with van der Waals surface area (Å²) in [5.41, 5.74) is 0. The van der Waals surface area contributed by atoms with E-state index in [1.807, 2.05) is 0 Å². The lowest BCUT2D eigenvalue weighted by atomic mass is 10.3. The topological polar surface area (TPSA) is 9.23 Å². The first-order valence-electron chi connectivity index (χ1n) is 5.65. The number of nitrogens with zero attached hydrogens (tertiary/aromatic N) is 1. The summed E-state index contributed by atoms with van der Waals surface area (Å²) in [5.74, 6) is 0. The third-order valence-corrected chi connectivity index (χ3v) is 3.25. The van der Waals surface area contributed by atoms with E-state index in [4.69, 9.17) is 4.74 Å². The largest absolute Gasteiger partial charge is 0.332 e. The lowest BCUT2D eigenvalue weighted by Gasteiger charge is -2.37. The number of likely N-dealkylation sites (tertiary alicyclic amines) is 1. The Morgan fingerprint density at radius 1 is 1.23 bits per heavy atom. The maximum atomic E-state index is 5.70. The van der Waals surface area contributed by atoms with Crippen LogP contribution in [0.4, 0.5) is 0 Å². The van der Waals surface area contributed by atoms with Crippen LogP contribution in [0.3, 0.4) is 0 Å². The summed E-state index contributed by atoms with van der Waals surface area (Å²) in [6, 6.07) is 0.722. The number of hydrogen-bond donors (Lipinski definition) is 0. The predicted octanol–water partition coefficient (Wildman–Crippen LogP) is 2.39. The molecule has 1 fully saturated rings. The molecule has 0 amide bonds. The van der Waals surface area contributed by atoms with Crippen molar-refractivity contribution in [2.75, 3.05) is 26.4 Å². The zero-order valence-corrected chi connectivity index (χ0v) is 9.38. The molecule has 0 unspecified atom stereocenters. The van der Waals surface area contributed by atoms with E-state index in [0.717, 1.165) is 25.8 Å². The molecule has 0 radical (unpaired) electrons. The van der Waals surface area contributed by atoms with Crippen molar-refractivity contribution < 1.29 is 9.22 Å². The third-order valence-electron chi connectivity index (χ3n) is 3.25. The molecule has 2 heteroatoms. The highest BCUT2D eigenvalue weighted by atomic mass is 16.5. The van der Waals surface area contributed by atoms with Crippen molar-refractivity contribution in [2.24, 2.45) is 0 Å². The molecule has 0 aromatic heterocycles. The van der Waals surface area contributed by atoms with Crippen molar-refractivity contribution in [1.29, 1.82) is 0 Å². The molecule has 0 aromatic rings. The van der Waals surface area contributed by atoms with E-state index in [-0.39, 0.29) is 0 Å². The first-order valence-corrected chi connectivity index (χ1v) is 5.65. The van der Waals surface area contributed by atoms with Crippen LogP contribution in [0.2, 0.25) is 0 Å². The summed E-state index contributed by atoms with van der Waals surface area (Å²) in [6.07, 6.45) is 3.90. The van der Waals surface area contributed by atoms with Crippen molar-refractivity contribution in [3.8, 4) is 0 Å². The van der Waals surface area contributed by atoms with Crippen molar-refractivity contribution >= 4 is 0 Å². The fourth-order valence-electron chi connectivity index (χ4n) is 2.15. The molecule has 0 saturated carbocycles. The average molecular weight is 186 g/mol. The standard InChI is InChI=1S/C11H24NO/c1-4-9-13-10-12(11(2)3)7-5-6-8-12/h11H,4-10H2,1-3H3/q+1. The molecule has 0 bridgehead atoms. The van der Waals surface area contributed by atoms with Crippen LogP contribution in [0.15, 0.2) is 0 Å². The van der Waals surface area contributed by atoms with Gasteiger partial charge >= 0.3 is 0 Å². The number of ether oxygens (including phenoxy) is 1. The first kappa shape index (κ1) is 11.0. The van der Waals surface area contributed by atoms with Gasteiger partial charge in [-0.15, -0.1) is 0 Å². The van der Waals surface area contributed by atoms with Crippen LogP contribution in [0.5, 0.6) is 0 Å². The second kappa shape index (κ2) is 4.97. The van der Waals surface area contributed by atoms with Crippen molar-refractivity contribution in [1.82, 2.24) is 0 Å². The Balaban J connectivity index is 2.38. The molecular weight excluding hydrogens is 162 g/mol. The molecule has 0 N–H and O–H groups in total. The average Bonchev–Trinajstić information content (AvgIpc) is 2.55. The van der Waals surface area contributed by atoms with Crippen LogP contribution in [0, 0.1) is 0 Å². The summed E-state index contributed by atoms with van der Waals surface area (Å²) in [7, 11) is 0. The number of rotatable bonds is 5. The van der Waals surface area contributed by atoms with Crippen LogP contribution < -0.4 is 0 Å². The minimum absolute atomic E-state index is 0.722. The van der Waals surface area contributed by atoms with Gasteiger partial charge in [0.25, 0.3) is 0 Å². The van der Waals surface area contributed by atoms with Crippen LogP contribution in [0.1, 0.15) is 40.0 Å². The molecule has 1 aliphatic rings. The second-order valence-electron chi connectivity index (χ2n) is 4.50. The van der Waals surface area contributed by atoms with E-state index in [0.29, 0.717) is 0 Å². The summed E-state index contributed by atoms with van der Waals surface area (Å²) in [5, 5.41) is 0. The second-order valence-corrected chi connectivity index (χ2v) is 4.50. The Labute approximate surface area is 82.5 Å². The van der Waals surface area contributed by atoms with Crippen LogP contribution in [-0.2, 0) is 4.74 Å². The van der Waals surface area contributed by atoms with Crippen LogP contribution >= 0.6 is 0 Å². The van der Waals surface area contributed by atoms with Gasteiger partial charge in [-0.1, -0.05) is 6.92 Å². The summed E-state index contributed by atoms with van der Waals surface area (Å²) in [4.78, 5) is 0. The lowest BCUT2D eigenvalue weighted by Crippen LogP contribution is -2.52. The zero-order valence-electron chi connectivity index (χ0n) is 9.38. The molecular formula is C11H24NO+. The van der Waals surface area contributed by atoms with Crippen molar-refractivity contribution in [2.45, 2.75) is 46.1 Å². The van der Waals surface area contributed by atoms with Gasteiger partial charge in [0.05, 0.1) is 25.7 Å². The fraction of sp³-hybridized carbons (Fsp3) is 1.00. The molecule has 1 rings (SSSR count). The van der Waals surface area contributed by atoms with Gasteiger partial charge in [-0.2, -0.15) is 0 Å². The van der Waals surface area contributed by atoms with E-state index >= 15 is 0 Å². The molecule has 0 spiro atoms. The van der Waals surface area contributed by atoms with Gasteiger partial charge in [-0.05, 0) is 20.3 Å². The SMILES string of the molecule is CCCOC[N+]1(C(C)C)CCCC1. The molecule has 1 saturated heterocycles. The quantitative estimate of drug-likeness (QED) is 0.473. The lowest BCUT2D eigenvalue weighted by molar-refractivity contribution is -0.954. The highest BCUT2D eigenvalue weighted by Crippen LogP contribution is 2.23. The zero-order chi connectivity index (χ0) is 9.73. The van der Waals surface area contributed by atoms with Crippen molar-refractivity contribution in [3.05, 3.63) is 0 Å². The Hall–Kier alpha value is -0.0800. The Morgan fingerprint density at radius 3 is 2.31 bits per heavy atom. The smallest absolute Gasteiger partial charge is 0.183 e. The van der Waals surface area contributed by atoms with E-state index in [2.05, 4.69) is 20.8 Å².